The Hall–Kier alpha value is -3.90. The third kappa shape index (κ3) is 11.1. The zero-order valence-corrected chi connectivity index (χ0v) is 21.4. The lowest BCUT2D eigenvalue weighted by Gasteiger charge is -2.25. The second-order valence-corrected chi connectivity index (χ2v) is 9.22. The Morgan fingerprint density at radius 2 is 1.49 bits per heavy atom. The fraction of sp³-hybridized carbons (Fsp3) is 0.429. The minimum absolute atomic E-state index is 0.0625. The van der Waals surface area contributed by atoms with E-state index >= 15 is 0 Å². The Bertz CT molecular complexity index is 1020. The van der Waals surface area contributed by atoms with Crippen LogP contribution in [0.3, 0.4) is 0 Å². The van der Waals surface area contributed by atoms with Gasteiger partial charge in [0.15, 0.2) is 0 Å². The molecule has 37 heavy (non-hydrogen) atoms. The number of hydrogen-bond acceptors (Lipinski definition) is 6. The van der Waals surface area contributed by atoms with E-state index < -0.39 is 36.0 Å². The SMILES string of the molecule is CC(C)C[C@H](NC(=O)OCc1ccccc1)C(=O)N[C@@H](Cc1ccccc1)C(=O)N[C@H](CO)CCC#N. The zero-order valence-electron chi connectivity index (χ0n) is 21.4. The van der Waals surface area contributed by atoms with E-state index in [2.05, 4.69) is 16.0 Å². The smallest absolute Gasteiger partial charge is 0.408 e. The average molecular weight is 509 g/mol. The Labute approximate surface area is 218 Å². The molecule has 0 saturated heterocycles. The molecule has 0 heterocycles. The van der Waals surface area contributed by atoms with Gasteiger partial charge in [0.25, 0.3) is 0 Å². The number of alkyl carbamates (subject to hydrolysis) is 1. The van der Waals surface area contributed by atoms with Crippen molar-refractivity contribution in [3.8, 4) is 6.07 Å². The molecule has 3 atom stereocenters. The van der Waals surface area contributed by atoms with Gasteiger partial charge in [-0.2, -0.15) is 5.26 Å². The summed E-state index contributed by atoms with van der Waals surface area (Å²) in [6.45, 7) is 3.58. The molecule has 2 aromatic carbocycles. The highest BCUT2D eigenvalue weighted by Crippen LogP contribution is 2.09. The molecule has 0 aromatic heterocycles. The quantitative estimate of drug-likeness (QED) is 0.309. The zero-order chi connectivity index (χ0) is 27.0. The van der Waals surface area contributed by atoms with Gasteiger partial charge in [0.05, 0.1) is 18.7 Å². The summed E-state index contributed by atoms with van der Waals surface area (Å²) in [5, 5.41) is 26.5. The molecule has 0 fully saturated rings. The third-order valence-electron chi connectivity index (χ3n) is 5.62. The molecule has 0 aliphatic carbocycles. The van der Waals surface area contributed by atoms with E-state index in [1.54, 1.807) is 0 Å². The standard InChI is InChI=1S/C28H36N4O5/c1-20(2)16-24(32-28(36)37-19-22-12-7-4-8-13-22)27(35)31-25(17-21-10-5-3-6-11-21)26(34)30-23(18-33)14-9-15-29/h3-8,10-13,20,23-25,33H,9,14,16-19H2,1-2H3,(H,30,34)(H,31,35)(H,32,36)/t23-,24-,25-/m0/s1. The van der Waals surface area contributed by atoms with E-state index in [4.69, 9.17) is 10.00 Å². The van der Waals surface area contributed by atoms with Gasteiger partial charge in [0.2, 0.25) is 11.8 Å². The number of carbonyl (C=O) groups is 3. The number of hydrogen-bond donors (Lipinski definition) is 4. The summed E-state index contributed by atoms with van der Waals surface area (Å²) in [7, 11) is 0. The molecule has 2 rings (SSSR count). The Balaban J connectivity index is 2.11. The number of nitriles is 1. The molecule has 198 valence electrons. The van der Waals surface area contributed by atoms with Gasteiger partial charge in [0, 0.05) is 12.8 Å². The molecule has 0 spiro atoms. The van der Waals surface area contributed by atoms with Crippen LogP contribution in [0.5, 0.6) is 0 Å². The van der Waals surface area contributed by atoms with Crippen molar-refractivity contribution in [3.63, 3.8) is 0 Å². The van der Waals surface area contributed by atoms with Crippen molar-refractivity contribution < 1.29 is 24.2 Å². The van der Waals surface area contributed by atoms with E-state index in [1.165, 1.54) is 0 Å². The van der Waals surface area contributed by atoms with Crippen molar-refractivity contribution in [1.29, 1.82) is 5.26 Å². The number of ether oxygens (including phenoxy) is 1. The van der Waals surface area contributed by atoms with E-state index in [1.807, 2.05) is 80.6 Å². The first-order valence-electron chi connectivity index (χ1n) is 12.4. The summed E-state index contributed by atoms with van der Waals surface area (Å²) in [4.78, 5) is 38.8. The van der Waals surface area contributed by atoms with Gasteiger partial charge in [-0.3, -0.25) is 9.59 Å². The van der Waals surface area contributed by atoms with Gasteiger partial charge in [-0.15, -0.1) is 0 Å². The average Bonchev–Trinajstić information content (AvgIpc) is 2.89. The van der Waals surface area contributed by atoms with E-state index in [0.717, 1.165) is 11.1 Å². The molecule has 0 saturated carbocycles. The summed E-state index contributed by atoms with van der Waals surface area (Å²) >= 11 is 0. The summed E-state index contributed by atoms with van der Waals surface area (Å²) < 4.78 is 5.28. The molecule has 0 radical (unpaired) electrons. The number of benzene rings is 2. The molecule has 0 bridgehead atoms. The van der Waals surface area contributed by atoms with Crippen LogP contribution >= 0.6 is 0 Å². The molecule has 9 heteroatoms. The van der Waals surface area contributed by atoms with E-state index in [9.17, 15) is 19.5 Å². The van der Waals surface area contributed by atoms with Crippen LogP contribution in [0.1, 0.15) is 44.2 Å². The van der Waals surface area contributed by atoms with Crippen LogP contribution < -0.4 is 16.0 Å². The maximum absolute atomic E-state index is 13.3. The first-order valence-corrected chi connectivity index (χ1v) is 12.4. The van der Waals surface area contributed by atoms with Crippen molar-refractivity contribution in [2.75, 3.05) is 6.61 Å². The highest BCUT2D eigenvalue weighted by molar-refractivity contribution is 5.91. The van der Waals surface area contributed by atoms with Crippen molar-refractivity contribution in [2.24, 2.45) is 5.92 Å². The number of nitrogens with zero attached hydrogens (tertiary/aromatic N) is 1. The van der Waals surface area contributed by atoms with E-state index in [0.29, 0.717) is 6.42 Å². The monoisotopic (exact) mass is 508 g/mol. The van der Waals surface area contributed by atoms with Crippen molar-refractivity contribution in [2.45, 2.75) is 64.3 Å². The predicted molar refractivity (Wildman–Crippen MR) is 139 cm³/mol. The van der Waals surface area contributed by atoms with Crippen LogP contribution in [0.25, 0.3) is 0 Å². The van der Waals surface area contributed by atoms with Gasteiger partial charge in [-0.25, -0.2) is 4.79 Å². The molecule has 9 nitrogen and oxygen atoms in total. The molecule has 4 N–H and O–H groups in total. The fourth-order valence-corrected chi connectivity index (χ4v) is 3.69. The topological polar surface area (TPSA) is 141 Å². The van der Waals surface area contributed by atoms with Crippen molar-refractivity contribution >= 4 is 17.9 Å². The fourth-order valence-electron chi connectivity index (χ4n) is 3.69. The Morgan fingerprint density at radius 1 is 0.892 bits per heavy atom. The molecule has 0 unspecified atom stereocenters. The lowest BCUT2D eigenvalue weighted by Crippen LogP contribution is -2.56. The second-order valence-electron chi connectivity index (χ2n) is 9.22. The van der Waals surface area contributed by atoms with Gasteiger partial charge in [0.1, 0.15) is 18.7 Å². The van der Waals surface area contributed by atoms with Gasteiger partial charge >= 0.3 is 6.09 Å². The maximum atomic E-state index is 13.3. The molecule has 2 aromatic rings. The Morgan fingerprint density at radius 3 is 2.05 bits per heavy atom. The number of aliphatic hydroxyl groups is 1. The van der Waals surface area contributed by atoms with Gasteiger partial charge in [-0.05, 0) is 29.9 Å². The van der Waals surface area contributed by atoms with Crippen LogP contribution in [0.4, 0.5) is 4.79 Å². The number of carbonyl (C=O) groups excluding carboxylic acids is 3. The van der Waals surface area contributed by atoms with E-state index in [-0.39, 0.29) is 38.4 Å². The first kappa shape index (κ1) is 29.3. The van der Waals surface area contributed by atoms with Crippen LogP contribution in [0, 0.1) is 17.2 Å². The number of rotatable bonds is 14. The number of nitrogens with one attached hydrogen (secondary N) is 3. The molecule has 3 amide bonds. The van der Waals surface area contributed by atoms with Crippen molar-refractivity contribution in [3.05, 3.63) is 71.8 Å². The molecule has 0 aliphatic heterocycles. The predicted octanol–water partition coefficient (Wildman–Crippen LogP) is 2.84. The summed E-state index contributed by atoms with van der Waals surface area (Å²) in [6.07, 6.45) is 0.280. The lowest BCUT2D eigenvalue weighted by atomic mass is 10.0. The summed E-state index contributed by atoms with van der Waals surface area (Å²) in [6, 6.07) is 17.9. The number of amides is 3. The van der Waals surface area contributed by atoms with Crippen molar-refractivity contribution in [1.82, 2.24) is 16.0 Å². The molecular formula is C28H36N4O5. The minimum atomic E-state index is -0.956. The molecular weight excluding hydrogens is 472 g/mol. The summed E-state index contributed by atoms with van der Waals surface area (Å²) in [5.41, 5.74) is 1.65. The Kier molecular flexibility index (Phi) is 12.7. The minimum Gasteiger partial charge on any atom is -0.445 e. The van der Waals surface area contributed by atoms with Crippen LogP contribution in [-0.4, -0.2) is 47.7 Å². The van der Waals surface area contributed by atoms with Gasteiger partial charge in [-0.1, -0.05) is 74.5 Å². The van der Waals surface area contributed by atoms with Crippen LogP contribution in [0.15, 0.2) is 60.7 Å². The molecule has 0 aliphatic rings. The second kappa shape index (κ2) is 16.0. The normalized spacial score (nSPS) is 13.1. The maximum Gasteiger partial charge on any atom is 0.408 e. The van der Waals surface area contributed by atoms with Crippen LogP contribution in [0.2, 0.25) is 0 Å². The lowest BCUT2D eigenvalue weighted by molar-refractivity contribution is -0.130. The largest absolute Gasteiger partial charge is 0.445 e. The highest BCUT2D eigenvalue weighted by Gasteiger charge is 2.29. The number of aliphatic hydroxyl groups excluding tert-OH is 1. The first-order chi connectivity index (χ1) is 17.8. The highest BCUT2D eigenvalue weighted by atomic mass is 16.5. The third-order valence-corrected chi connectivity index (χ3v) is 5.62. The van der Waals surface area contributed by atoms with Gasteiger partial charge < -0.3 is 25.8 Å². The van der Waals surface area contributed by atoms with Crippen LogP contribution in [-0.2, 0) is 27.4 Å². The summed E-state index contributed by atoms with van der Waals surface area (Å²) in [5.74, 6) is -0.917.